The zero-order chi connectivity index (χ0) is 20.4. The number of aromatic nitrogens is 2. The van der Waals surface area contributed by atoms with Crippen LogP contribution in [0.5, 0.6) is 0 Å². The Labute approximate surface area is 181 Å². The topological polar surface area (TPSA) is 98.0 Å². The molecule has 146 valence electrons. The lowest BCUT2D eigenvalue weighted by Crippen LogP contribution is -2.13. The number of non-ortho nitro benzene ring substituents is 1. The lowest BCUT2D eigenvalue weighted by Gasteiger charge is -2.00. The highest BCUT2D eigenvalue weighted by Gasteiger charge is 2.13. The van der Waals surface area contributed by atoms with E-state index < -0.39 is 4.92 Å². The second kappa shape index (κ2) is 8.46. The first kappa shape index (κ1) is 19.8. The van der Waals surface area contributed by atoms with Gasteiger partial charge in [-0.05, 0) is 18.2 Å². The minimum Gasteiger partial charge on any atom is -0.301 e. The van der Waals surface area contributed by atoms with Gasteiger partial charge in [0.25, 0.3) is 5.69 Å². The van der Waals surface area contributed by atoms with Crippen LogP contribution in [0, 0.1) is 10.1 Å². The molecule has 0 aliphatic rings. The van der Waals surface area contributed by atoms with Crippen molar-refractivity contribution in [3.8, 4) is 11.3 Å². The summed E-state index contributed by atoms with van der Waals surface area (Å²) in [5, 5.41) is 16.5. The Morgan fingerprint density at radius 1 is 1.24 bits per heavy atom. The van der Waals surface area contributed by atoms with E-state index in [0.717, 1.165) is 14.6 Å². The van der Waals surface area contributed by atoms with Crippen LogP contribution in [0.3, 0.4) is 0 Å². The van der Waals surface area contributed by atoms with E-state index in [2.05, 4.69) is 15.3 Å². The third-order valence-corrected chi connectivity index (χ3v) is 6.93. The molecule has 0 fully saturated rings. The van der Waals surface area contributed by atoms with Gasteiger partial charge in [-0.3, -0.25) is 14.9 Å². The summed E-state index contributed by atoms with van der Waals surface area (Å²) in [6, 6.07) is 11.7. The number of rotatable bonds is 6. The zero-order valence-electron chi connectivity index (χ0n) is 14.5. The number of benzene rings is 2. The first-order valence-corrected chi connectivity index (χ1v) is 11.2. The molecule has 11 heteroatoms. The summed E-state index contributed by atoms with van der Waals surface area (Å²) in [7, 11) is 0. The highest BCUT2D eigenvalue weighted by molar-refractivity contribution is 8.01. The van der Waals surface area contributed by atoms with Gasteiger partial charge in [0, 0.05) is 28.1 Å². The molecule has 0 bridgehead atoms. The molecule has 1 amide bonds. The van der Waals surface area contributed by atoms with E-state index in [-0.39, 0.29) is 17.3 Å². The molecular formula is C18H11ClN4O3S3. The number of carbonyl (C=O) groups excluding carboxylic acids is 1. The van der Waals surface area contributed by atoms with Crippen molar-refractivity contribution < 1.29 is 9.72 Å². The summed E-state index contributed by atoms with van der Waals surface area (Å²) in [6.07, 6.45) is 0. The number of nitrogens with one attached hydrogen (secondary N) is 1. The fourth-order valence-electron chi connectivity index (χ4n) is 2.47. The number of thioether (sulfide) groups is 1. The van der Waals surface area contributed by atoms with Gasteiger partial charge in [0.05, 0.1) is 26.6 Å². The van der Waals surface area contributed by atoms with E-state index >= 15 is 0 Å². The van der Waals surface area contributed by atoms with Gasteiger partial charge in [-0.1, -0.05) is 35.5 Å². The molecule has 2 aromatic heterocycles. The van der Waals surface area contributed by atoms with Crippen molar-refractivity contribution in [1.82, 2.24) is 9.97 Å². The van der Waals surface area contributed by atoms with Crippen molar-refractivity contribution in [2.24, 2.45) is 0 Å². The van der Waals surface area contributed by atoms with Crippen LogP contribution in [-0.2, 0) is 4.79 Å². The average molecular weight is 463 g/mol. The Hall–Kier alpha value is -2.53. The van der Waals surface area contributed by atoms with Crippen LogP contribution < -0.4 is 5.32 Å². The maximum atomic E-state index is 12.2. The van der Waals surface area contributed by atoms with Gasteiger partial charge >= 0.3 is 0 Å². The van der Waals surface area contributed by atoms with Crippen LogP contribution in [0.4, 0.5) is 10.8 Å². The van der Waals surface area contributed by atoms with Crippen molar-refractivity contribution >= 4 is 73.0 Å². The van der Waals surface area contributed by atoms with Crippen molar-refractivity contribution in [3.05, 3.63) is 63.0 Å². The highest BCUT2D eigenvalue weighted by Crippen LogP contribution is 2.31. The van der Waals surface area contributed by atoms with Gasteiger partial charge in [-0.2, -0.15) is 0 Å². The van der Waals surface area contributed by atoms with Crippen LogP contribution in [0.2, 0.25) is 5.02 Å². The number of fused-ring (bicyclic) bond motifs is 1. The van der Waals surface area contributed by atoms with Crippen LogP contribution in [0.1, 0.15) is 0 Å². The standard InChI is InChI=1S/C18H11ClN4O3S3/c19-11-4-5-15-13(7-11)21-18(29-15)28-9-16(24)22-17-20-14(8-27-17)10-2-1-3-12(6-10)23(25)26/h1-8H,9H2,(H,20,22,24). The predicted molar refractivity (Wildman–Crippen MR) is 118 cm³/mol. The number of carbonyl (C=O) groups is 1. The fraction of sp³-hybridized carbons (Fsp3) is 0.0556. The predicted octanol–water partition coefficient (Wildman–Crippen LogP) is 5.71. The number of hydrogen-bond acceptors (Lipinski definition) is 8. The molecule has 4 aromatic rings. The Morgan fingerprint density at radius 3 is 2.93 bits per heavy atom. The van der Waals surface area contributed by atoms with Crippen LogP contribution >= 0.6 is 46.0 Å². The van der Waals surface area contributed by atoms with Crippen molar-refractivity contribution in [2.75, 3.05) is 11.1 Å². The minimum absolute atomic E-state index is 0.00499. The quantitative estimate of drug-likeness (QED) is 0.224. The molecule has 2 heterocycles. The van der Waals surface area contributed by atoms with Gasteiger partial charge in [0.15, 0.2) is 9.47 Å². The normalized spacial score (nSPS) is 10.9. The SMILES string of the molecule is O=C(CSc1nc2cc(Cl)ccc2s1)Nc1nc(-c2cccc([N+](=O)[O-])c2)cs1. The van der Waals surface area contributed by atoms with E-state index in [0.29, 0.717) is 21.4 Å². The molecule has 7 nitrogen and oxygen atoms in total. The smallest absolute Gasteiger partial charge is 0.270 e. The lowest BCUT2D eigenvalue weighted by molar-refractivity contribution is -0.384. The molecule has 0 aliphatic heterocycles. The molecule has 0 spiro atoms. The molecule has 1 N–H and O–H groups in total. The van der Waals surface area contributed by atoms with E-state index in [1.165, 1.54) is 46.6 Å². The number of nitrogens with zero attached hydrogens (tertiary/aromatic N) is 3. The zero-order valence-corrected chi connectivity index (χ0v) is 17.7. The number of hydrogen-bond donors (Lipinski definition) is 1. The second-order valence-electron chi connectivity index (χ2n) is 5.77. The molecule has 2 aromatic carbocycles. The lowest BCUT2D eigenvalue weighted by atomic mass is 10.1. The van der Waals surface area contributed by atoms with Gasteiger partial charge in [0.2, 0.25) is 5.91 Å². The molecule has 0 atom stereocenters. The molecule has 0 saturated carbocycles. The maximum absolute atomic E-state index is 12.2. The molecule has 0 saturated heterocycles. The van der Waals surface area contributed by atoms with Gasteiger partial charge in [-0.15, -0.1) is 22.7 Å². The molecule has 0 aliphatic carbocycles. The summed E-state index contributed by atoms with van der Waals surface area (Å²) in [5.74, 6) is -0.00791. The Bertz CT molecular complexity index is 1220. The highest BCUT2D eigenvalue weighted by atomic mass is 35.5. The average Bonchev–Trinajstić information content (AvgIpc) is 3.32. The Morgan fingerprint density at radius 2 is 2.10 bits per heavy atom. The summed E-state index contributed by atoms with van der Waals surface area (Å²) in [5.41, 5.74) is 2.00. The summed E-state index contributed by atoms with van der Waals surface area (Å²) >= 11 is 10.1. The molecule has 0 radical (unpaired) electrons. The number of thiazole rings is 2. The van der Waals surface area contributed by atoms with Crippen LogP contribution in [-0.4, -0.2) is 26.6 Å². The Balaban J connectivity index is 1.38. The summed E-state index contributed by atoms with van der Waals surface area (Å²) in [4.78, 5) is 31.5. The van der Waals surface area contributed by atoms with Crippen molar-refractivity contribution in [2.45, 2.75) is 4.34 Å². The van der Waals surface area contributed by atoms with Gasteiger partial charge < -0.3 is 5.32 Å². The first-order valence-electron chi connectivity index (χ1n) is 8.17. The van der Waals surface area contributed by atoms with E-state index in [4.69, 9.17) is 11.6 Å². The third kappa shape index (κ3) is 4.73. The first-order chi connectivity index (χ1) is 14.0. The van der Waals surface area contributed by atoms with E-state index in [1.54, 1.807) is 23.6 Å². The number of nitro groups is 1. The third-order valence-electron chi connectivity index (χ3n) is 3.76. The van der Waals surface area contributed by atoms with Crippen molar-refractivity contribution in [1.29, 1.82) is 0 Å². The summed E-state index contributed by atoms with van der Waals surface area (Å²) in [6.45, 7) is 0. The number of amides is 1. The molecule has 0 unspecified atom stereocenters. The second-order valence-corrected chi connectivity index (χ2v) is 9.32. The van der Waals surface area contributed by atoms with Gasteiger partial charge in [-0.25, -0.2) is 9.97 Å². The molecular weight excluding hydrogens is 452 g/mol. The number of anilines is 1. The largest absolute Gasteiger partial charge is 0.301 e. The monoisotopic (exact) mass is 462 g/mol. The summed E-state index contributed by atoms with van der Waals surface area (Å²) < 4.78 is 1.80. The number of nitro benzene ring substituents is 1. The van der Waals surface area contributed by atoms with Crippen molar-refractivity contribution in [3.63, 3.8) is 0 Å². The van der Waals surface area contributed by atoms with Crippen LogP contribution in [0.15, 0.2) is 52.2 Å². The Kier molecular flexibility index (Phi) is 5.76. The van der Waals surface area contributed by atoms with E-state index in [1.807, 2.05) is 12.1 Å². The van der Waals surface area contributed by atoms with E-state index in [9.17, 15) is 14.9 Å². The molecule has 29 heavy (non-hydrogen) atoms. The van der Waals surface area contributed by atoms with Crippen LogP contribution in [0.25, 0.3) is 21.5 Å². The minimum atomic E-state index is -0.453. The van der Waals surface area contributed by atoms with Gasteiger partial charge in [0.1, 0.15) is 0 Å². The maximum Gasteiger partial charge on any atom is 0.270 e. The molecule has 4 rings (SSSR count). The fourth-order valence-corrected chi connectivity index (χ4v) is 5.22. The number of halogens is 1.